The number of para-hydroxylation sites is 1. The number of amides is 2. The van der Waals surface area contributed by atoms with Crippen LogP contribution in [-0.4, -0.2) is 57.5 Å². The van der Waals surface area contributed by atoms with Gasteiger partial charge in [0, 0.05) is 12.6 Å². The topological polar surface area (TPSA) is 105 Å². The lowest BCUT2D eigenvalue weighted by atomic mass is 9.95. The number of hydrogen-bond acceptors (Lipinski definition) is 6. The van der Waals surface area contributed by atoms with E-state index in [1.54, 1.807) is 68.6 Å². The molecule has 0 saturated heterocycles. The van der Waals surface area contributed by atoms with Crippen molar-refractivity contribution in [3.63, 3.8) is 0 Å². The Labute approximate surface area is 254 Å². The van der Waals surface area contributed by atoms with E-state index in [-0.39, 0.29) is 23.4 Å². The molecule has 1 N–H and O–H groups in total. The molecule has 4 rings (SSSR count). The summed E-state index contributed by atoms with van der Waals surface area (Å²) in [6.07, 6.45) is 5.08. The second kappa shape index (κ2) is 14.9. The van der Waals surface area contributed by atoms with Gasteiger partial charge in [0.05, 0.1) is 24.3 Å². The van der Waals surface area contributed by atoms with Crippen molar-refractivity contribution in [3.8, 4) is 11.5 Å². The smallest absolute Gasteiger partial charge is 0.264 e. The maximum atomic E-state index is 14.1. The molecule has 2 amide bonds. The molecule has 1 fully saturated rings. The highest BCUT2D eigenvalue weighted by molar-refractivity contribution is 7.92. The van der Waals surface area contributed by atoms with Crippen LogP contribution in [0.4, 0.5) is 5.69 Å². The molecular weight excluding hydrogens is 566 g/mol. The summed E-state index contributed by atoms with van der Waals surface area (Å²) in [5, 5.41) is 3.12. The van der Waals surface area contributed by atoms with Crippen molar-refractivity contribution in [2.24, 2.45) is 0 Å². The third kappa shape index (κ3) is 8.28. The number of nitrogens with zero attached hydrogens (tertiary/aromatic N) is 2. The monoisotopic (exact) mass is 607 g/mol. The van der Waals surface area contributed by atoms with Gasteiger partial charge < -0.3 is 19.7 Å². The minimum absolute atomic E-state index is 0.0232. The van der Waals surface area contributed by atoms with Gasteiger partial charge in [0.15, 0.2) is 0 Å². The molecule has 3 aromatic rings. The third-order valence-electron chi connectivity index (χ3n) is 7.65. The average molecular weight is 608 g/mol. The second-order valence-electron chi connectivity index (χ2n) is 10.6. The van der Waals surface area contributed by atoms with Crippen molar-refractivity contribution in [1.82, 2.24) is 10.2 Å². The maximum Gasteiger partial charge on any atom is 0.264 e. The Hall–Kier alpha value is -4.05. The molecule has 1 saturated carbocycles. The van der Waals surface area contributed by atoms with Crippen LogP contribution in [0.15, 0.2) is 83.8 Å². The fourth-order valence-electron chi connectivity index (χ4n) is 5.24. The van der Waals surface area contributed by atoms with Crippen LogP contribution in [-0.2, 0) is 26.2 Å². The molecule has 0 aromatic heterocycles. The molecule has 0 radical (unpaired) electrons. The van der Waals surface area contributed by atoms with Crippen LogP contribution in [0.1, 0.15) is 51.5 Å². The average Bonchev–Trinajstić information content (AvgIpc) is 3.03. The highest BCUT2D eigenvalue weighted by atomic mass is 32.2. The standard InChI is InChI=1S/C33H41N3O6S/c1-4-42-29-18-20-31(21-19-29)43(39,40)36(28-15-9-6-10-16-28)24-32(37)35(23-26-12-11-17-30(22-26)41-3)25(2)33(38)34-27-13-7-5-8-14-27/h6,9-12,15-22,25,27H,4-5,7-8,13-14,23-24H2,1-3H3,(H,34,38)/t25-/m1/s1. The van der Waals surface area contributed by atoms with Crippen LogP contribution in [0.3, 0.4) is 0 Å². The Morgan fingerprint density at radius 3 is 2.28 bits per heavy atom. The molecule has 9 nitrogen and oxygen atoms in total. The second-order valence-corrected chi connectivity index (χ2v) is 12.5. The number of carbonyl (C=O) groups is 2. The number of hydrogen-bond donors (Lipinski definition) is 1. The highest BCUT2D eigenvalue weighted by Gasteiger charge is 2.33. The number of benzene rings is 3. The fourth-order valence-corrected chi connectivity index (χ4v) is 6.66. The summed E-state index contributed by atoms with van der Waals surface area (Å²) in [7, 11) is -2.60. The predicted molar refractivity (Wildman–Crippen MR) is 167 cm³/mol. The van der Waals surface area contributed by atoms with Crippen LogP contribution < -0.4 is 19.1 Å². The Bertz CT molecular complexity index is 1460. The lowest BCUT2D eigenvalue weighted by molar-refractivity contribution is -0.139. The van der Waals surface area contributed by atoms with Crippen molar-refractivity contribution in [3.05, 3.63) is 84.4 Å². The largest absolute Gasteiger partial charge is 0.497 e. The van der Waals surface area contributed by atoms with Crippen LogP contribution in [0, 0.1) is 0 Å². The fraction of sp³-hybridized carbons (Fsp3) is 0.394. The number of nitrogens with one attached hydrogen (secondary N) is 1. The van der Waals surface area contributed by atoms with Gasteiger partial charge in [-0.3, -0.25) is 13.9 Å². The molecule has 10 heteroatoms. The van der Waals surface area contributed by atoms with Gasteiger partial charge in [-0.05, 0) is 80.8 Å². The molecule has 0 spiro atoms. The van der Waals surface area contributed by atoms with Crippen molar-refractivity contribution >= 4 is 27.5 Å². The number of methoxy groups -OCH3 is 1. The van der Waals surface area contributed by atoms with Crippen molar-refractivity contribution in [1.29, 1.82) is 0 Å². The SMILES string of the molecule is CCOc1ccc(S(=O)(=O)N(CC(=O)N(Cc2cccc(OC)c2)[C@H](C)C(=O)NC2CCCCC2)c2ccccc2)cc1. The highest BCUT2D eigenvalue weighted by Crippen LogP contribution is 2.26. The van der Waals surface area contributed by atoms with Crippen LogP contribution in [0.2, 0.25) is 0 Å². The normalized spacial score (nSPS) is 14.4. The van der Waals surface area contributed by atoms with Gasteiger partial charge in [0.1, 0.15) is 24.1 Å². The van der Waals surface area contributed by atoms with E-state index in [0.717, 1.165) is 42.0 Å². The summed E-state index contributed by atoms with van der Waals surface area (Å²) in [4.78, 5) is 29.1. The van der Waals surface area contributed by atoms with E-state index in [4.69, 9.17) is 9.47 Å². The number of rotatable bonds is 13. The Morgan fingerprint density at radius 1 is 0.930 bits per heavy atom. The lowest BCUT2D eigenvalue weighted by Crippen LogP contribution is -2.53. The summed E-state index contributed by atoms with van der Waals surface area (Å²) < 4.78 is 39.9. The molecule has 0 aliphatic heterocycles. The first kappa shape index (κ1) is 31.9. The molecule has 0 unspecified atom stereocenters. The molecule has 1 atom stereocenters. The molecule has 1 aliphatic rings. The molecule has 1 aliphatic carbocycles. The molecular formula is C33H41N3O6S. The van der Waals surface area contributed by atoms with E-state index in [9.17, 15) is 18.0 Å². The summed E-state index contributed by atoms with van der Waals surface area (Å²) >= 11 is 0. The lowest BCUT2D eigenvalue weighted by Gasteiger charge is -2.33. The first-order valence-electron chi connectivity index (χ1n) is 14.8. The first-order chi connectivity index (χ1) is 20.7. The maximum absolute atomic E-state index is 14.1. The number of carbonyl (C=O) groups excluding carboxylic acids is 2. The zero-order valence-corrected chi connectivity index (χ0v) is 25.9. The Kier molecular flexibility index (Phi) is 11.1. The quantitative estimate of drug-likeness (QED) is 0.288. The summed E-state index contributed by atoms with van der Waals surface area (Å²) in [6.45, 7) is 3.59. The summed E-state index contributed by atoms with van der Waals surface area (Å²) in [5.41, 5.74) is 1.09. The zero-order valence-electron chi connectivity index (χ0n) is 25.1. The molecule has 0 bridgehead atoms. The van der Waals surface area contributed by atoms with Gasteiger partial charge in [0.2, 0.25) is 11.8 Å². The minimum atomic E-state index is -4.16. The van der Waals surface area contributed by atoms with Gasteiger partial charge in [-0.2, -0.15) is 0 Å². The predicted octanol–water partition coefficient (Wildman–Crippen LogP) is 5.16. The van der Waals surface area contributed by atoms with Gasteiger partial charge in [-0.1, -0.05) is 49.6 Å². The number of ether oxygens (including phenoxy) is 2. The van der Waals surface area contributed by atoms with E-state index >= 15 is 0 Å². The first-order valence-corrected chi connectivity index (χ1v) is 16.2. The van der Waals surface area contributed by atoms with Crippen LogP contribution in [0.25, 0.3) is 0 Å². The Balaban J connectivity index is 1.66. The van der Waals surface area contributed by atoms with Gasteiger partial charge in [0.25, 0.3) is 10.0 Å². The van der Waals surface area contributed by atoms with E-state index in [2.05, 4.69) is 5.32 Å². The van der Waals surface area contributed by atoms with Crippen LogP contribution in [0.5, 0.6) is 11.5 Å². The van der Waals surface area contributed by atoms with Crippen molar-refractivity contribution < 1.29 is 27.5 Å². The zero-order chi connectivity index (χ0) is 30.8. The van der Waals surface area contributed by atoms with Gasteiger partial charge >= 0.3 is 0 Å². The van der Waals surface area contributed by atoms with E-state index in [1.807, 2.05) is 19.1 Å². The van der Waals surface area contributed by atoms with Crippen molar-refractivity contribution in [2.45, 2.75) is 69.5 Å². The molecule has 230 valence electrons. The number of sulfonamides is 1. The van der Waals surface area contributed by atoms with Gasteiger partial charge in [-0.15, -0.1) is 0 Å². The summed E-state index contributed by atoms with van der Waals surface area (Å²) in [5.74, 6) is 0.399. The molecule has 3 aromatic carbocycles. The third-order valence-corrected chi connectivity index (χ3v) is 9.44. The van der Waals surface area contributed by atoms with Gasteiger partial charge in [-0.25, -0.2) is 8.42 Å². The number of anilines is 1. The molecule has 0 heterocycles. The van der Waals surface area contributed by atoms with E-state index in [1.165, 1.54) is 17.0 Å². The van der Waals surface area contributed by atoms with E-state index < -0.39 is 28.5 Å². The Morgan fingerprint density at radius 2 is 1.63 bits per heavy atom. The van der Waals surface area contributed by atoms with Crippen LogP contribution >= 0.6 is 0 Å². The summed E-state index contributed by atoms with van der Waals surface area (Å²) in [6, 6.07) is 21.1. The molecule has 43 heavy (non-hydrogen) atoms. The minimum Gasteiger partial charge on any atom is -0.497 e. The van der Waals surface area contributed by atoms with Crippen molar-refractivity contribution in [2.75, 3.05) is 24.6 Å². The van der Waals surface area contributed by atoms with E-state index in [0.29, 0.717) is 23.8 Å².